The van der Waals surface area contributed by atoms with Gasteiger partial charge in [0.1, 0.15) is 0 Å². The van der Waals surface area contributed by atoms with Crippen LogP contribution < -0.4 is 5.32 Å². The monoisotopic (exact) mass is 396 g/mol. The molecule has 7 rings (SSSR count). The lowest BCUT2D eigenvalue weighted by Crippen LogP contribution is -2.48. The van der Waals surface area contributed by atoms with Crippen LogP contribution in [0.25, 0.3) is 0 Å². The Morgan fingerprint density at radius 2 is 1.72 bits per heavy atom. The third-order valence-electron chi connectivity index (χ3n) is 8.46. The van der Waals surface area contributed by atoms with Crippen LogP contribution in [0.5, 0.6) is 0 Å². The molecule has 6 nitrogen and oxygen atoms in total. The molecule has 0 aromatic carbocycles. The summed E-state index contributed by atoms with van der Waals surface area (Å²) in [5.74, 6) is 3.62. The molecular formula is C23H32N4O2. The average molecular weight is 397 g/mol. The van der Waals surface area contributed by atoms with Crippen molar-refractivity contribution in [2.24, 2.45) is 29.6 Å². The van der Waals surface area contributed by atoms with Crippen molar-refractivity contribution in [2.45, 2.75) is 69.6 Å². The molecule has 29 heavy (non-hydrogen) atoms. The van der Waals surface area contributed by atoms with Crippen molar-refractivity contribution in [3.05, 3.63) is 11.9 Å². The largest absolute Gasteiger partial charge is 0.342 e. The van der Waals surface area contributed by atoms with Crippen molar-refractivity contribution in [3.8, 4) is 0 Å². The highest BCUT2D eigenvalue weighted by molar-refractivity contribution is 5.92. The summed E-state index contributed by atoms with van der Waals surface area (Å²) in [6, 6.07) is 0. The van der Waals surface area contributed by atoms with E-state index >= 15 is 0 Å². The first-order chi connectivity index (χ1) is 14.1. The third kappa shape index (κ3) is 3.19. The molecule has 4 bridgehead atoms. The quantitative estimate of drug-likeness (QED) is 0.818. The molecule has 6 aliphatic rings. The summed E-state index contributed by atoms with van der Waals surface area (Å²) in [6.07, 6.45) is 13.9. The SMILES string of the molecule is O=C(Nc1ncc(C23CC4CC(CC(C4)C2)C3)[nH]1)[C@H]1CCCN(C(=O)C2CC2)C1. The number of H-pyrrole nitrogens is 1. The van der Waals surface area contributed by atoms with Crippen LogP contribution in [0.15, 0.2) is 6.20 Å². The van der Waals surface area contributed by atoms with Crippen molar-refractivity contribution in [2.75, 3.05) is 18.4 Å². The van der Waals surface area contributed by atoms with E-state index in [0.29, 0.717) is 12.5 Å². The Labute approximate surface area is 172 Å². The Morgan fingerprint density at radius 1 is 1.03 bits per heavy atom. The Bertz CT molecular complexity index is 791. The minimum Gasteiger partial charge on any atom is -0.342 e. The van der Waals surface area contributed by atoms with Gasteiger partial charge in [-0.1, -0.05) is 0 Å². The molecule has 2 N–H and O–H groups in total. The Hall–Kier alpha value is -1.85. The van der Waals surface area contributed by atoms with Gasteiger partial charge in [-0.15, -0.1) is 0 Å². The predicted octanol–water partition coefficient (Wildman–Crippen LogP) is 3.46. The Kier molecular flexibility index (Phi) is 4.07. The average Bonchev–Trinajstić information content (AvgIpc) is 3.45. The van der Waals surface area contributed by atoms with Crippen LogP contribution in [0.3, 0.4) is 0 Å². The molecule has 1 aromatic rings. The topological polar surface area (TPSA) is 78.1 Å². The number of nitrogens with one attached hydrogen (secondary N) is 2. The van der Waals surface area contributed by atoms with Crippen LogP contribution in [-0.2, 0) is 15.0 Å². The van der Waals surface area contributed by atoms with Gasteiger partial charge in [0, 0.05) is 30.1 Å². The van der Waals surface area contributed by atoms with E-state index < -0.39 is 0 Å². The van der Waals surface area contributed by atoms with E-state index in [4.69, 9.17) is 0 Å². The van der Waals surface area contributed by atoms with Gasteiger partial charge in [-0.25, -0.2) is 4.98 Å². The van der Waals surface area contributed by atoms with Gasteiger partial charge in [0.15, 0.2) is 0 Å². The molecule has 5 aliphatic carbocycles. The van der Waals surface area contributed by atoms with Crippen LogP contribution >= 0.6 is 0 Å². The van der Waals surface area contributed by atoms with E-state index in [1.54, 1.807) is 0 Å². The molecule has 156 valence electrons. The molecule has 1 aliphatic heterocycles. The number of carbonyl (C=O) groups is 2. The summed E-state index contributed by atoms with van der Waals surface area (Å²) in [5.41, 5.74) is 1.50. The molecular weight excluding hydrogens is 364 g/mol. The van der Waals surface area contributed by atoms with Crippen LogP contribution in [0.2, 0.25) is 0 Å². The molecule has 0 radical (unpaired) electrons. The van der Waals surface area contributed by atoms with Crippen molar-refractivity contribution in [3.63, 3.8) is 0 Å². The lowest BCUT2D eigenvalue weighted by atomic mass is 9.49. The molecule has 1 saturated heterocycles. The summed E-state index contributed by atoms with van der Waals surface area (Å²) in [5, 5.41) is 3.02. The normalized spacial score (nSPS) is 38.3. The zero-order valence-corrected chi connectivity index (χ0v) is 17.2. The van der Waals surface area contributed by atoms with Gasteiger partial charge in [-0.2, -0.15) is 0 Å². The number of imidazole rings is 1. The standard InChI is InChI=1S/C23H32N4O2/c28-20(18-2-1-5-27(13-18)21(29)17-3-4-17)26-22-24-12-19(25-22)23-9-14-6-15(10-23)8-16(7-14)11-23/h12,14-18H,1-11,13H2,(H2,24,25,26,28)/t14?,15?,16?,18-,23?/m0/s1. The lowest BCUT2D eigenvalue weighted by molar-refractivity contribution is -0.135. The second kappa shape index (κ2) is 6.58. The number of nitrogens with zero attached hydrogens (tertiary/aromatic N) is 2. The molecule has 0 unspecified atom stereocenters. The summed E-state index contributed by atoms with van der Waals surface area (Å²) >= 11 is 0. The highest BCUT2D eigenvalue weighted by Gasteiger charge is 2.52. The first-order valence-corrected chi connectivity index (χ1v) is 11.7. The molecule has 2 heterocycles. The number of amides is 2. The van der Waals surface area contributed by atoms with Gasteiger partial charge in [0.05, 0.1) is 12.1 Å². The van der Waals surface area contributed by atoms with Crippen molar-refractivity contribution < 1.29 is 9.59 Å². The summed E-state index contributed by atoms with van der Waals surface area (Å²) < 4.78 is 0. The molecule has 6 fully saturated rings. The van der Waals surface area contributed by atoms with Crippen molar-refractivity contribution in [1.82, 2.24) is 14.9 Å². The molecule has 0 spiro atoms. The molecule has 5 saturated carbocycles. The maximum Gasteiger partial charge on any atom is 0.231 e. The molecule has 2 amide bonds. The second-order valence-electron chi connectivity index (χ2n) is 10.7. The highest BCUT2D eigenvalue weighted by atomic mass is 16.2. The number of anilines is 1. The highest BCUT2D eigenvalue weighted by Crippen LogP contribution is 2.60. The zero-order valence-electron chi connectivity index (χ0n) is 17.2. The van der Waals surface area contributed by atoms with E-state index in [1.165, 1.54) is 44.2 Å². The summed E-state index contributed by atoms with van der Waals surface area (Å²) in [4.78, 5) is 35.2. The number of piperidine rings is 1. The number of rotatable bonds is 4. The molecule has 1 aromatic heterocycles. The minimum atomic E-state index is -0.125. The Morgan fingerprint density at radius 3 is 2.38 bits per heavy atom. The summed E-state index contributed by atoms with van der Waals surface area (Å²) in [6.45, 7) is 1.36. The number of aromatic nitrogens is 2. The van der Waals surface area contributed by atoms with Gasteiger partial charge in [0.25, 0.3) is 0 Å². The van der Waals surface area contributed by atoms with Gasteiger partial charge in [0.2, 0.25) is 17.8 Å². The van der Waals surface area contributed by atoms with Crippen LogP contribution in [0.1, 0.15) is 69.9 Å². The fraction of sp³-hybridized carbons (Fsp3) is 0.783. The number of hydrogen-bond donors (Lipinski definition) is 2. The third-order valence-corrected chi connectivity index (χ3v) is 8.46. The van der Waals surface area contributed by atoms with Crippen molar-refractivity contribution >= 4 is 17.8 Å². The van der Waals surface area contributed by atoms with Gasteiger partial charge < -0.3 is 9.88 Å². The maximum atomic E-state index is 12.9. The number of hydrogen-bond acceptors (Lipinski definition) is 3. The van der Waals surface area contributed by atoms with Crippen LogP contribution in [0.4, 0.5) is 5.95 Å². The zero-order chi connectivity index (χ0) is 19.6. The van der Waals surface area contributed by atoms with E-state index in [0.717, 1.165) is 50.0 Å². The van der Waals surface area contributed by atoms with Crippen LogP contribution in [-0.4, -0.2) is 39.8 Å². The maximum absolute atomic E-state index is 12.9. The predicted molar refractivity (Wildman–Crippen MR) is 109 cm³/mol. The first kappa shape index (κ1) is 18.0. The molecule has 6 heteroatoms. The number of likely N-dealkylation sites (tertiary alicyclic amines) is 1. The molecule has 1 atom stereocenters. The Balaban J connectivity index is 1.12. The van der Waals surface area contributed by atoms with Crippen molar-refractivity contribution in [1.29, 1.82) is 0 Å². The summed E-state index contributed by atoms with van der Waals surface area (Å²) in [7, 11) is 0. The lowest BCUT2D eigenvalue weighted by Gasteiger charge is -2.56. The first-order valence-electron chi connectivity index (χ1n) is 11.7. The smallest absolute Gasteiger partial charge is 0.231 e. The van der Waals surface area contributed by atoms with E-state index in [1.807, 2.05) is 11.1 Å². The van der Waals surface area contributed by atoms with E-state index in [9.17, 15) is 9.59 Å². The van der Waals surface area contributed by atoms with E-state index in [2.05, 4.69) is 15.3 Å². The second-order valence-corrected chi connectivity index (χ2v) is 10.7. The van der Waals surface area contributed by atoms with Gasteiger partial charge in [-0.3, -0.25) is 14.9 Å². The number of aromatic amines is 1. The minimum absolute atomic E-state index is 0.00436. The van der Waals surface area contributed by atoms with E-state index in [-0.39, 0.29) is 29.1 Å². The van der Waals surface area contributed by atoms with Crippen LogP contribution in [0, 0.1) is 29.6 Å². The number of carbonyl (C=O) groups excluding carboxylic acids is 2. The van der Waals surface area contributed by atoms with Gasteiger partial charge >= 0.3 is 0 Å². The fourth-order valence-electron chi connectivity index (χ4n) is 7.29. The van der Waals surface area contributed by atoms with Gasteiger partial charge in [-0.05, 0) is 82.0 Å². The fourth-order valence-corrected chi connectivity index (χ4v) is 7.29.